The lowest BCUT2D eigenvalue weighted by Gasteiger charge is -2.36. The van der Waals surface area contributed by atoms with Crippen molar-refractivity contribution in [3.63, 3.8) is 0 Å². The SMILES string of the molecule is CC1CN(c2ccc(NC(=O)CCC(=O)N3CCOc4ccccc43)cn2)CC(C)O1. The summed E-state index contributed by atoms with van der Waals surface area (Å²) in [6.07, 6.45) is 2.20. The van der Waals surface area contributed by atoms with Gasteiger partial charge in [0.2, 0.25) is 11.8 Å². The molecule has 0 saturated carbocycles. The van der Waals surface area contributed by atoms with Gasteiger partial charge in [0, 0.05) is 25.9 Å². The molecule has 0 radical (unpaired) electrons. The fraction of sp³-hybridized carbons (Fsp3) is 0.435. The Labute approximate surface area is 182 Å². The molecule has 2 atom stereocenters. The number of hydrogen-bond acceptors (Lipinski definition) is 6. The number of anilines is 3. The first-order chi connectivity index (χ1) is 15.0. The second-order valence-electron chi connectivity index (χ2n) is 7.98. The van der Waals surface area contributed by atoms with Gasteiger partial charge in [-0.2, -0.15) is 0 Å². The van der Waals surface area contributed by atoms with Crippen molar-refractivity contribution in [1.82, 2.24) is 4.98 Å². The smallest absolute Gasteiger partial charge is 0.227 e. The number of aromatic nitrogens is 1. The highest BCUT2D eigenvalue weighted by molar-refractivity contribution is 5.99. The average Bonchev–Trinajstić information content (AvgIpc) is 2.77. The number of ether oxygens (including phenoxy) is 2. The molecule has 1 saturated heterocycles. The van der Waals surface area contributed by atoms with E-state index in [-0.39, 0.29) is 36.9 Å². The van der Waals surface area contributed by atoms with Gasteiger partial charge in [-0.25, -0.2) is 4.98 Å². The molecule has 8 heteroatoms. The van der Waals surface area contributed by atoms with Crippen LogP contribution in [0.5, 0.6) is 5.75 Å². The van der Waals surface area contributed by atoms with Gasteiger partial charge in [0.15, 0.2) is 0 Å². The molecule has 1 aromatic carbocycles. The highest BCUT2D eigenvalue weighted by atomic mass is 16.5. The minimum atomic E-state index is -0.210. The third-order valence-corrected chi connectivity index (χ3v) is 5.37. The van der Waals surface area contributed by atoms with Crippen molar-refractivity contribution in [2.75, 3.05) is 41.4 Å². The molecule has 2 aromatic rings. The second-order valence-corrected chi connectivity index (χ2v) is 7.98. The van der Waals surface area contributed by atoms with Crippen molar-refractivity contribution >= 4 is 29.0 Å². The number of nitrogens with zero attached hydrogens (tertiary/aromatic N) is 3. The minimum Gasteiger partial charge on any atom is -0.490 e. The van der Waals surface area contributed by atoms with Gasteiger partial charge < -0.3 is 24.6 Å². The summed E-state index contributed by atoms with van der Waals surface area (Å²) in [6.45, 7) is 6.61. The lowest BCUT2D eigenvalue weighted by molar-refractivity contribution is -0.122. The minimum absolute atomic E-state index is 0.0880. The van der Waals surface area contributed by atoms with E-state index in [0.717, 1.165) is 24.6 Å². The van der Waals surface area contributed by atoms with Gasteiger partial charge in [-0.1, -0.05) is 12.1 Å². The molecule has 164 valence electrons. The summed E-state index contributed by atoms with van der Waals surface area (Å²) in [5.74, 6) is 1.26. The van der Waals surface area contributed by atoms with Crippen LogP contribution in [-0.4, -0.2) is 55.2 Å². The number of carbonyl (C=O) groups is 2. The van der Waals surface area contributed by atoms with E-state index in [0.29, 0.717) is 24.6 Å². The molecule has 1 fully saturated rings. The van der Waals surface area contributed by atoms with Crippen LogP contribution in [0.2, 0.25) is 0 Å². The molecule has 0 aliphatic carbocycles. The molecule has 2 unspecified atom stereocenters. The van der Waals surface area contributed by atoms with Crippen LogP contribution in [0.1, 0.15) is 26.7 Å². The number of hydrogen-bond donors (Lipinski definition) is 1. The fourth-order valence-electron chi connectivity index (χ4n) is 4.02. The van der Waals surface area contributed by atoms with Crippen molar-refractivity contribution < 1.29 is 19.1 Å². The van der Waals surface area contributed by atoms with E-state index >= 15 is 0 Å². The third kappa shape index (κ3) is 5.14. The van der Waals surface area contributed by atoms with Crippen LogP contribution < -0.4 is 19.9 Å². The molecule has 2 aliphatic heterocycles. The van der Waals surface area contributed by atoms with Gasteiger partial charge in [0.1, 0.15) is 18.2 Å². The summed E-state index contributed by atoms with van der Waals surface area (Å²) >= 11 is 0. The number of rotatable bonds is 5. The molecule has 8 nitrogen and oxygen atoms in total. The zero-order valence-electron chi connectivity index (χ0n) is 17.9. The Bertz CT molecular complexity index is 923. The van der Waals surface area contributed by atoms with Crippen LogP contribution in [0.25, 0.3) is 0 Å². The van der Waals surface area contributed by atoms with E-state index in [1.54, 1.807) is 11.1 Å². The Kier molecular flexibility index (Phi) is 6.36. The number of fused-ring (bicyclic) bond motifs is 1. The predicted molar refractivity (Wildman–Crippen MR) is 119 cm³/mol. The normalized spacial score (nSPS) is 20.6. The van der Waals surface area contributed by atoms with Crippen molar-refractivity contribution in [2.45, 2.75) is 38.9 Å². The number of para-hydroxylation sites is 2. The summed E-state index contributed by atoms with van der Waals surface area (Å²) in [7, 11) is 0. The molecular weight excluding hydrogens is 396 g/mol. The van der Waals surface area contributed by atoms with Crippen LogP contribution in [0.15, 0.2) is 42.6 Å². The maximum Gasteiger partial charge on any atom is 0.227 e. The van der Waals surface area contributed by atoms with E-state index in [1.807, 2.05) is 50.2 Å². The van der Waals surface area contributed by atoms with Gasteiger partial charge in [-0.15, -0.1) is 0 Å². The molecule has 2 aliphatic rings. The molecule has 2 amide bonds. The van der Waals surface area contributed by atoms with Crippen molar-refractivity contribution in [3.8, 4) is 5.75 Å². The van der Waals surface area contributed by atoms with E-state index in [9.17, 15) is 9.59 Å². The summed E-state index contributed by atoms with van der Waals surface area (Å²) in [4.78, 5) is 33.4. The third-order valence-electron chi connectivity index (χ3n) is 5.37. The molecular formula is C23H28N4O4. The number of amides is 2. The largest absolute Gasteiger partial charge is 0.490 e. The first kappa shape index (κ1) is 21.1. The number of pyridine rings is 1. The highest BCUT2D eigenvalue weighted by Crippen LogP contribution is 2.31. The van der Waals surface area contributed by atoms with Crippen LogP contribution in [-0.2, 0) is 14.3 Å². The quantitative estimate of drug-likeness (QED) is 0.795. The first-order valence-electron chi connectivity index (χ1n) is 10.7. The maximum absolute atomic E-state index is 12.7. The van der Waals surface area contributed by atoms with Gasteiger partial charge in [-0.3, -0.25) is 9.59 Å². The Morgan fingerprint density at radius 1 is 1.10 bits per heavy atom. The van der Waals surface area contributed by atoms with E-state index in [2.05, 4.69) is 15.2 Å². The number of morpholine rings is 1. The van der Waals surface area contributed by atoms with Gasteiger partial charge in [0.05, 0.1) is 36.3 Å². The Morgan fingerprint density at radius 2 is 1.87 bits per heavy atom. The molecule has 0 bridgehead atoms. The molecule has 0 spiro atoms. The summed E-state index contributed by atoms with van der Waals surface area (Å²) in [6, 6.07) is 11.2. The zero-order chi connectivity index (χ0) is 21.8. The molecule has 3 heterocycles. The lowest BCUT2D eigenvalue weighted by Crippen LogP contribution is -2.45. The van der Waals surface area contributed by atoms with Crippen LogP contribution in [0.4, 0.5) is 17.2 Å². The number of carbonyl (C=O) groups excluding carboxylic acids is 2. The Morgan fingerprint density at radius 3 is 2.61 bits per heavy atom. The van der Waals surface area contributed by atoms with Gasteiger partial charge >= 0.3 is 0 Å². The lowest BCUT2D eigenvalue weighted by atomic mass is 10.2. The average molecular weight is 425 g/mol. The van der Waals surface area contributed by atoms with Crippen molar-refractivity contribution in [3.05, 3.63) is 42.6 Å². The zero-order valence-corrected chi connectivity index (χ0v) is 17.9. The molecule has 1 N–H and O–H groups in total. The second kappa shape index (κ2) is 9.34. The van der Waals surface area contributed by atoms with Crippen molar-refractivity contribution in [1.29, 1.82) is 0 Å². The molecule has 4 rings (SSSR count). The van der Waals surface area contributed by atoms with Crippen LogP contribution >= 0.6 is 0 Å². The van der Waals surface area contributed by atoms with E-state index < -0.39 is 0 Å². The first-order valence-corrected chi connectivity index (χ1v) is 10.7. The van der Waals surface area contributed by atoms with Crippen molar-refractivity contribution in [2.24, 2.45) is 0 Å². The number of benzene rings is 1. The number of nitrogens with one attached hydrogen (secondary N) is 1. The fourth-order valence-corrected chi connectivity index (χ4v) is 4.02. The standard InChI is InChI=1S/C23H28N4O4/c1-16-14-26(15-17(2)31-16)21-8-7-18(13-24-21)25-22(28)9-10-23(29)27-11-12-30-20-6-4-3-5-19(20)27/h3-8,13,16-17H,9-12,14-15H2,1-2H3,(H,25,28). The topological polar surface area (TPSA) is 84.0 Å². The highest BCUT2D eigenvalue weighted by Gasteiger charge is 2.24. The van der Waals surface area contributed by atoms with Gasteiger partial charge in [-0.05, 0) is 38.1 Å². The molecule has 1 aromatic heterocycles. The summed E-state index contributed by atoms with van der Waals surface area (Å²) in [5, 5.41) is 2.83. The van der Waals surface area contributed by atoms with Crippen LogP contribution in [0, 0.1) is 0 Å². The molecule has 31 heavy (non-hydrogen) atoms. The maximum atomic E-state index is 12.7. The van der Waals surface area contributed by atoms with E-state index in [4.69, 9.17) is 9.47 Å². The monoisotopic (exact) mass is 424 g/mol. The summed E-state index contributed by atoms with van der Waals surface area (Å²) < 4.78 is 11.3. The Balaban J connectivity index is 1.29. The van der Waals surface area contributed by atoms with Crippen LogP contribution in [0.3, 0.4) is 0 Å². The Hall–Kier alpha value is -3.13. The van der Waals surface area contributed by atoms with Gasteiger partial charge in [0.25, 0.3) is 0 Å². The van der Waals surface area contributed by atoms with E-state index in [1.165, 1.54) is 0 Å². The summed E-state index contributed by atoms with van der Waals surface area (Å²) in [5.41, 5.74) is 1.37. The predicted octanol–water partition coefficient (Wildman–Crippen LogP) is 2.84.